The predicted molar refractivity (Wildman–Crippen MR) is 183 cm³/mol. The third-order valence-corrected chi connectivity index (χ3v) is 9.38. The highest BCUT2D eigenvalue weighted by molar-refractivity contribution is 14.2. The monoisotopic (exact) mass is 773 g/mol. The van der Waals surface area contributed by atoms with Gasteiger partial charge in [-0.25, -0.2) is 4.39 Å². The minimum absolute atomic E-state index is 0.0128. The van der Waals surface area contributed by atoms with Crippen LogP contribution in [0.5, 0.6) is 11.5 Å². The van der Waals surface area contributed by atoms with E-state index in [9.17, 15) is 5.11 Å². The molecule has 0 saturated heterocycles. The highest BCUT2D eigenvalue weighted by Crippen LogP contribution is 2.38. The number of aliphatic hydroxyl groups is 1. The number of nitrogens with zero attached hydrogens (tertiary/aromatic N) is 3. The summed E-state index contributed by atoms with van der Waals surface area (Å²) in [5, 5.41) is 15.8. The highest BCUT2D eigenvalue weighted by atomic mass is 127. The Labute approximate surface area is 275 Å². The summed E-state index contributed by atoms with van der Waals surface area (Å²) in [5.74, 6) is 2.59. The number of rotatable bonds is 12. The summed E-state index contributed by atoms with van der Waals surface area (Å²) in [4.78, 5) is 0. The van der Waals surface area contributed by atoms with E-state index >= 15 is 4.39 Å². The van der Waals surface area contributed by atoms with Crippen LogP contribution in [0.1, 0.15) is 43.9 Å². The first-order chi connectivity index (χ1) is 20.7. The van der Waals surface area contributed by atoms with Crippen molar-refractivity contribution in [3.63, 3.8) is 0 Å². The summed E-state index contributed by atoms with van der Waals surface area (Å²) in [6, 6.07) is 20.8. The van der Waals surface area contributed by atoms with Crippen molar-refractivity contribution in [1.82, 2.24) is 13.8 Å². The Morgan fingerprint density at radius 2 is 1.95 bits per heavy atom. The molecule has 6 nitrogen and oxygen atoms in total. The smallest absolute Gasteiger partial charge is 0.169 e. The summed E-state index contributed by atoms with van der Waals surface area (Å²) in [5.41, 5.74) is 3.17. The lowest BCUT2D eigenvalue weighted by Crippen LogP contribution is -2.22. The van der Waals surface area contributed by atoms with E-state index < -0.39 is 11.4 Å². The molecule has 43 heavy (non-hydrogen) atoms. The SMILES string of the molecule is C#CC(C)(C)OCCCC(c1cccc(Br)c1)n1ccc(-c2cccc(Oc3c(F)cc4c(ccn4SI)c3CO)c2)n1. The number of terminal acetylenes is 1. The van der Waals surface area contributed by atoms with Gasteiger partial charge in [0.15, 0.2) is 11.6 Å². The minimum atomic E-state index is -0.608. The van der Waals surface area contributed by atoms with Crippen LogP contribution in [0.2, 0.25) is 0 Å². The van der Waals surface area contributed by atoms with Gasteiger partial charge in [-0.15, -0.1) is 6.42 Å². The van der Waals surface area contributed by atoms with E-state index in [1.165, 1.54) is 15.2 Å². The van der Waals surface area contributed by atoms with E-state index in [0.29, 0.717) is 23.4 Å². The Kier molecular flexibility index (Phi) is 10.2. The van der Waals surface area contributed by atoms with Gasteiger partial charge in [0.2, 0.25) is 0 Å². The fraction of sp³-hybridized carbons (Fsp3) is 0.242. The van der Waals surface area contributed by atoms with Gasteiger partial charge < -0.3 is 14.6 Å². The molecule has 0 amide bonds. The van der Waals surface area contributed by atoms with Crippen molar-refractivity contribution in [2.45, 2.75) is 44.9 Å². The topological polar surface area (TPSA) is 61.4 Å². The summed E-state index contributed by atoms with van der Waals surface area (Å²) in [6.45, 7) is 3.95. The second-order valence-corrected chi connectivity index (χ2v) is 13.1. The number of hydrogen-bond donors (Lipinski definition) is 1. The molecule has 0 spiro atoms. The molecule has 3 aromatic carbocycles. The number of fused-ring (bicyclic) bond motifs is 1. The molecule has 2 aromatic heterocycles. The molecule has 0 aliphatic rings. The van der Waals surface area contributed by atoms with Crippen LogP contribution >= 0.6 is 46.3 Å². The van der Waals surface area contributed by atoms with E-state index in [1.807, 2.05) is 77.4 Å². The fourth-order valence-corrected chi connectivity index (χ4v) is 6.70. The van der Waals surface area contributed by atoms with E-state index in [-0.39, 0.29) is 18.4 Å². The molecule has 10 heteroatoms. The Hall–Kier alpha value is -2.82. The Balaban J connectivity index is 1.40. The van der Waals surface area contributed by atoms with Crippen molar-refractivity contribution in [2.75, 3.05) is 6.61 Å². The van der Waals surface area contributed by atoms with Crippen molar-refractivity contribution in [1.29, 1.82) is 0 Å². The van der Waals surface area contributed by atoms with E-state index in [2.05, 4.69) is 55.2 Å². The fourth-order valence-electron chi connectivity index (χ4n) is 4.92. The Morgan fingerprint density at radius 1 is 1.14 bits per heavy atom. The molecule has 1 unspecified atom stereocenters. The molecule has 0 bridgehead atoms. The molecule has 222 valence electrons. The lowest BCUT2D eigenvalue weighted by molar-refractivity contribution is 0.0239. The van der Waals surface area contributed by atoms with Gasteiger partial charge in [-0.2, -0.15) is 5.10 Å². The van der Waals surface area contributed by atoms with Gasteiger partial charge in [-0.05, 0) is 68.7 Å². The quantitative estimate of drug-likeness (QED) is 0.0779. The lowest BCUT2D eigenvalue weighted by Gasteiger charge is -2.21. The zero-order chi connectivity index (χ0) is 30.6. The zero-order valence-electron chi connectivity index (χ0n) is 23.6. The third kappa shape index (κ3) is 7.29. The van der Waals surface area contributed by atoms with Gasteiger partial charge in [0.25, 0.3) is 0 Å². The van der Waals surface area contributed by atoms with Crippen molar-refractivity contribution < 1.29 is 19.0 Å². The summed E-state index contributed by atoms with van der Waals surface area (Å²) < 4.78 is 32.0. The molecule has 0 aliphatic carbocycles. The van der Waals surface area contributed by atoms with Crippen molar-refractivity contribution in [3.05, 3.63) is 101 Å². The molecular formula is C33H30BrFIN3O3S. The van der Waals surface area contributed by atoms with Gasteiger partial charge >= 0.3 is 0 Å². The molecule has 5 aromatic rings. The lowest BCUT2D eigenvalue weighted by atomic mass is 10.0. The molecular weight excluding hydrogens is 744 g/mol. The van der Waals surface area contributed by atoms with Crippen LogP contribution in [0, 0.1) is 18.2 Å². The molecule has 0 saturated carbocycles. The van der Waals surface area contributed by atoms with E-state index in [1.54, 1.807) is 6.07 Å². The van der Waals surface area contributed by atoms with Gasteiger partial charge in [0.1, 0.15) is 11.4 Å². The summed E-state index contributed by atoms with van der Waals surface area (Å²) >= 11 is 5.73. The number of ether oxygens (including phenoxy) is 2. The molecule has 0 radical (unpaired) electrons. The van der Waals surface area contributed by atoms with Crippen LogP contribution in [-0.4, -0.2) is 31.1 Å². The average Bonchev–Trinajstić information content (AvgIpc) is 3.65. The van der Waals surface area contributed by atoms with Gasteiger partial charge in [-0.3, -0.25) is 8.65 Å². The largest absolute Gasteiger partial charge is 0.454 e. The maximum atomic E-state index is 15.3. The van der Waals surface area contributed by atoms with Crippen molar-refractivity contribution >= 4 is 57.2 Å². The first-order valence-corrected chi connectivity index (χ1v) is 17.8. The van der Waals surface area contributed by atoms with Crippen LogP contribution in [0.4, 0.5) is 4.39 Å². The van der Waals surface area contributed by atoms with Crippen molar-refractivity contribution in [2.24, 2.45) is 0 Å². The molecule has 0 fully saturated rings. The second-order valence-electron chi connectivity index (χ2n) is 10.5. The summed E-state index contributed by atoms with van der Waals surface area (Å²) in [7, 11) is 1.43. The average molecular weight is 774 g/mol. The maximum Gasteiger partial charge on any atom is 0.169 e. The van der Waals surface area contributed by atoms with Crippen LogP contribution in [0.25, 0.3) is 22.2 Å². The second kappa shape index (κ2) is 13.9. The summed E-state index contributed by atoms with van der Waals surface area (Å²) in [6.07, 6.45) is 11.0. The van der Waals surface area contributed by atoms with E-state index in [4.69, 9.17) is 21.0 Å². The van der Waals surface area contributed by atoms with E-state index in [0.717, 1.165) is 39.5 Å². The molecule has 5 rings (SSSR count). The van der Waals surface area contributed by atoms with Gasteiger partial charge in [0.05, 0.1) is 23.9 Å². The zero-order valence-corrected chi connectivity index (χ0v) is 28.2. The highest BCUT2D eigenvalue weighted by Gasteiger charge is 2.20. The van der Waals surface area contributed by atoms with Crippen LogP contribution < -0.4 is 4.74 Å². The van der Waals surface area contributed by atoms with Crippen LogP contribution in [0.15, 0.2) is 83.6 Å². The number of halogens is 3. The minimum Gasteiger partial charge on any atom is -0.454 e. The van der Waals surface area contributed by atoms with Gasteiger partial charge in [-0.1, -0.05) is 46.1 Å². The first-order valence-electron chi connectivity index (χ1n) is 13.7. The molecule has 2 heterocycles. The van der Waals surface area contributed by atoms with Crippen LogP contribution in [0.3, 0.4) is 0 Å². The van der Waals surface area contributed by atoms with Crippen molar-refractivity contribution in [3.8, 4) is 35.1 Å². The number of hydrogen-bond acceptors (Lipinski definition) is 5. The Bertz CT molecular complexity index is 1780. The van der Waals surface area contributed by atoms with Gasteiger partial charge in [0, 0.05) is 76.4 Å². The first kappa shape index (κ1) is 31.6. The molecule has 1 atom stereocenters. The Morgan fingerprint density at radius 3 is 2.70 bits per heavy atom. The number of aliphatic hydroxyl groups excluding tert-OH is 1. The number of aromatic nitrogens is 3. The molecule has 1 N–H and O–H groups in total. The standard InChI is InChI=1S/C33H30BrFIN3O3S/c1-4-33(2,3)41-17-7-12-30(23-9-5-10-24(34)18-23)38-15-14-29(37-38)22-8-6-11-25(19-22)42-32-27(21-40)26-13-16-39(43-36)31(26)20-28(32)35/h1,5-6,8-11,13-16,18-20,30,40H,7,12,17,21H2,2-3H3. The normalized spacial score (nSPS) is 12.4. The van der Waals surface area contributed by atoms with Crippen LogP contribution in [-0.2, 0) is 11.3 Å². The molecule has 0 aliphatic heterocycles. The number of benzene rings is 3. The maximum absolute atomic E-state index is 15.3. The predicted octanol–water partition coefficient (Wildman–Crippen LogP) is 9.34. The third-order valence-electron chi connectivity index (χ3n) is 7.15.